The van der Waals surface area contributed by atoms with Gasteiger partial charge >= 0.3 is 0 Å². The van der Waals surface area contributed by atoms with Gasteiger partial charge in [0.2, 0.25) is 11.4 Å². The van der Waals surface area contributed by atoms with E-state index in [0.29, 0.717) is 150 Å². The molecule has 125 heavy (non-hydrogen) atoms. The summed E-state index contributed by atoms with van der Waals surface area (Å²) in [5.41, 5.74) is 8.26. The number of amides is 4. The molecule has 36 heteroatoms. The van der Waals surface area contributed by atoms with Crippen LogP contribution < -0.4 is 31.6 Å². The summed E-state index contributed by atoms with van der Waals surface area (Å²) in [6, 6.07) is 48.8. The number of halogens is 5. The molecule has 20 rings (SSSR count). The molecule has 31 nitrogen and oxygen atoms in total. The molecule has 630 valence electrons. The Kier molecular flexibility index (Phi) is 23.7. The van der Waals surface area contributed by atoms with E-state index in [1.807, 2.05) is 18.3 Å². The molecule has 4 aliphatic heterocycles. The van der Waals surface area contributed by atoms with Crippen molar-refractivity contribution in [3.63, 3.8) is 0 Å². The van der Waals surface area contributed by atoms with Gasteiger partial charge in [-0.25, -0.2) is 56.8 Å². The van der Waals surface area contributed by atoms with Gasteiger partial charge in [0.25, 0.3) is 23.6 Å². The standard InChI is InChI=1S/C23H17F2N3O4.C23H19FN4O4.C22H17FN4O4.C21H16FN5O3/c24-14-6-4-13(5-7-14)20-22(28(12-26-20)15-10-31-11-15)18-8-9-19(32-18)23(30)27-21-16(25)2-1-3-17(21)29;1-30-20-10-16(8-9-25-20)27-23(29)19-7-6-18(32-19)22-21(14-2-4-15(24)5-3-14)26-13-28(22)17-11-31-12-17;23-14-3-1-13(2-4-14)20-21(27(12-25-20)16-10-30-11-16)17-5-6-18(31-17)22(29)26-15-7-8-24-19(28)9-15;22-14-3-1-13(2-4-14)19-20(27(12-25-19)15-9-29-10-15)16-5-6-17(30-16)21(28)26-18-7-8-23-11-24-18/h1-9,12,15,29H,10-11H2,(H,27,30);2-10,13,17H,11-12H2,1H3,(H,25,27,29);1-9,12,16H,10-11H2,(H2,24,26,28,29);1-8,11-12,15H,9-10H2,(H,23,24,26,28). The molecule has 15 heterocycles. The van der Waals surface area contributed by atoms with Crippen LogP contribution in [0, 0.1) is 29.1 Å². The number of hydrogen-bond acceptors (Lipinski definition) is 22. The number of methoxy groups -OCH3 is 1. The highest BCUT2D eigenvalue weighted by Gasteiger charge is 2.34. The zero-order valence-corrected chi connectivity index (χ0v) is 65.5. The molecule has 4 saturated heterocycles. The number of imidazole rings is 4. The highest BCUT2D eigenvalue weighted by Crippen LogP contribution is 2.42. The van der Waals surface area contributed by atoms with Crippen molar-refractivity contribution in [3.05, 3.63) is 307 Å². The summed E-state index contributed by atoms with van der Waals surface area (Å²) in [7, 11) is 1.50. The van der Waals surface area contributed by atoms with Gasteiger partial charge < -0.3 is 91.0 Å². The number of anilines is 4. The Morgan fingerprint density at radius 1 is 0.408 bits per heavy atom. The highest BCUT2D eigenvalue weighted by molar-refractivity contribution is 6.05. The number of furan rings is 4. The van der Waals surface area contributed by atoms with Crippen molar-refractivity contribution in [2.75, 3.05) is 81.2 Å². The van der Waals surface area contributed by atoms with Gasteiger partial charge in [-0.1, -0.05) is 6.07 Å². The number of H-pyrrole nitrogens is 1. The molecule has 0 spiro atoms. The Morgan fingerprint density at radius 3 is 1.10 bits per heavy atom. The first-order valence-corrected chi connectivity index (χ1v) is 38.6. The van der Waals surface area contributed by atoms with E-state index in [1.165, 1.54) is 105 Å². The summed E-state index contributed by atoms with van der Waals surface area (Å²) < 4.78 is 125. The van der Waals surface area contributed by atoms with Crippen LogP contribution in [0.4, 0.5) is 44.8 Å². The lowest BCUT2D eigenvalue weighted by molar-refractivity contribution is -0.0228. The number of nitrogens with one attached hydrogen (secondary N) is 5. The first-order chi connectivity index (χ1) is 60.9. The number of carbonyl (C=O) groups is 4. The lowest BCUT2D eigenvalue weighted by Gasteiger charge is -2.28. The third kappa shape index (κ3) is 18.0. The predicted molar refractivity (Wildman–Crippen MR) is 440 cm³/mol. The van der Waals surface area contributed by atoms with Crippen molar-refractivity contribution < 1.29 is 87.6 Å². The number of hydrogen-bond donors (Lipinski definition) is 6. The third-order valence-electron chi connectivity index (χ3n) is 20.2. The van der Waals surface area contributed by atoms with E-state index < -0.39 is 35.2 Å². The van der Waals surface area contributed by atoms with E-state index in [-0.39, 0.29) is 81.7 Å². The quantitative estimate of drug-likeness (QED) is 0.0287. The van der Waals surface area contributed by atoms with Crippen molar-refractivity contribution >= 4 is 46.5 Å². The fourth-order valence-corrected chi connectivity index (χ4v) is 13.5. The van der Waals surface area contributed by atoms with Crippen molar-refractivity contribution in [3.8, 4) is 102 Å². The summed E-state index contributed by atoms with van der Waals surface area (Å²) in [6.07, 6.45) is 12.6. The Labute approximate surface area is 703 Å². The molecule has 0 saturated carbocycles. The molecule has 11 aromatic heterocycles. The van der Waals surface area contributed by atoms with Crippen LogP contribution in [0.3, 0.4) is 0 Å². The number of aromatic hydroxyl groups is 1. The van der Waals surface area contributed by atoms with E-state index in [2.05, 4.69) is 61.1 Å². The Hall–Kier alpha value is -15.8. The molecular weight excluding hydrogens is 1630 g/mol. The van der Waals surface area contributed by atoms with Crippen molar-refractivity contribution in [2.24, 2.45) is 0 Å². The Bertz CT molecular complexity index is 6600. The van der Waals surface area contributed by atoms with Gasteiger partial charge in [0.15, 0.2) is 51.9 Å². The van der Waals surface area contributed by atoms with Crippen molar-refractivity contribution in [1.82, 2.24) is 58.1 Å². The predicted octanol–water partition coefficient (Wildman–Crippen LogP) is 15.8. The number of phenolic OH excluding ortho intramolecular Hbond substituents is 1. The summed E-state index contributed by atoms with van der Waals surface area (Å²) in [6.45, 7) is 4.35. The molecule has 0 atom stereocenters. The van der Waals surface area contributed by atoms with E-state index in [1.54, 1.807) is 141 Å². The normalized spacial score (nSPS) is 13.7. The second kappa shape index (κ2) is 36.3. The van der Waals surface area contributed by atoms with Gasteiger partial charge in [-0.2, -0.15) is 0 Å². The number of rotatable bonds is 21. The second-order valence-corrected chi connectivity index (χ2v) is 28.4. The topological polar surface area (TPSA) is 378 Å². The summed E-state index contributed by atoms with van der Waals surface area (Å²) >= 11 is 0. The van der Waals surface area contributed by atoms with E-state index in [9.17, 15) is 51.0 Å². The van der Waals surface area contributed by atoms with E-state index in [0.717, 1.165) is 22.8 Å². The van der Waals surface area contributed by atoms with Crippen LogP contribution in [0.25, 0.3) is 90.8 Å². The molecular formula is C89H69F5N16O15. The number of carbonyl (C=O) groups excluding carboxylic acids is 4. The molecule has 0 aliphatic carbocycles. The van der Waals surface area contributed by atoms with Gasteiger partial charge in [-0.15, -0.1) is 0 Å². The molecule has 6 N–H and O–H groups in total. The third-order valence-corrected chi connectivity index (χ3v) is 20.2. The van der Waals surface area contributed by atoms with Crippen LogP contribution in [0.15, 0.2) is 267 Å². The lowest BCUT2D eigenvalue weighted by atomic mass is 10.1. The summed E-state index contributed by atoms with van der Waals surface area (Å²) in [4.78, 5) is 94.2. The first kappa shape index (κ1) is 81.6. The maximum Gasteiger partial charge on any atom is 0.292 e. The molecule has 4 fully saturated rings. The van der Waals surface area contributed by atoms with Crippen LogP contribution in [-0.4, -0.2) is 147 Å². The number of pyridine rings is 2. The fourth-order valence-electron chi connectivity index (χ4n) is 13.5. The maximum absolute atomic E-state index is 14.0. The minimum Gasteiger partial charge on any atom is -0.506 e. The molecule has 0 radical (unpaired) electrons. The molecule has 0 unspecified atom stereocenters. The fraction of sp³-hybridized carbons (Fsp3) is 0.146. The minimum atomic E-state index is -0.771. The first-order valence-electron chi connectivity index (χ1n) is 38.6. The number of benzene rings is 5. The monoisotopic (exact) mass is 1700 g/mol. The largest absolute Gasteiger partial charge is 0.506 e. The minimum absolute atomic E-state index is 0.0458. The van der Waals surface area contributed by atoms with Crippen LogP contribution in [0.5, 0.6) is 11.6 Å². The Balaban J connectivity index is 0.000000118. The van der Waals surface area contributed by atoms with E-state index >= 15 is 0 Å². The van der Waals surface area contributed by atoms with Crippen LogP contribution in [0.1, 0.15) is 66.4 Å². The van der Waals surface area contributed by atoms with Gasteiger partial charge in [0, 0.05) is 64.4 Å². The molecule has 4 amide bonds. The van der Waals surface area contributed by atoms with Crippen molar-refractivity contribution in [2.45, 2.75) is 24.2 Å². The number of para-hydroxylation sites is 1. The van der Waals surface area contributed by atoms with Gasteiger partial charge in [-0.3, -0.25) is 24.0 Å². The summed E-state index contributed by atoms with van der Waals surface area (Å²) in [5.74, 6) is -1.79. The SMILES string of the molecule is COc1cc(NC(=O)c2ccc(-c3c(-c4ccc(F)cc4)ncn3C3COC3)o2)ccn1.O=C(Nc1c(O)cccc1F)c1ccc(-c2c(-c3ccc(F)cc3)ncn2C2COC2)o1.O=C(Nc1cc[nH]c(=O)c1)c1ccc(-c2c(-c3ccc(F)cc3)ncn2C2COC2)o1.O=C(Nc1ccncn1)c1ccc(-c2c(-c3ccc(F)cc3)ncn2C2COC2)o1. The maximum atomic E-state index is 14.0. The lowest BCUT2D eigenvalue weighted by Crippen LogP contribution is -2.30. The highest BCUT2D eigenvalue weighted by atomic mass is 19.1. The van der Waals surface area contributed by atoms with Crippen LogP contribution >= 0.6 is 0 Å². The second-order valence-electron chi connectivity index (χ2n) is 28.4. The summed E-state index contributed by atoms with van der Waals surface area (Å²) in [5, 5.41) is 20.2. The Morgan fingerprint density at radius 2 is 0.768 bits per heavy atom. The zero-order chi connectivity index (χ0) is 86.2. The van der Waals surface area contributed by atoms with Crippen LogP contribution in [-0.2, 0) is 18.9 Å². The average Bonchev–Trinajstić information content (AvgIpc) is 1.64. The van der Waals surface area contributed by atoms with Gasteiger partial charge in [0.05, 0.1) is 132 Å². The zero-order valence-electron chi connectivity index (χ0n) is 65.5. The molecule has 0 bridgehead atoms. The number of aromatic nitrogens is 12. The van der Waals surface area contributed by atoms with Crippen molar-refractivity contribution in [1.29, 1.82) is 0 Å². The van der Waals surface area contributed by atoms with E-state index in [4.69, 9.17) is 41.4 Å². The molecule has 4 aliphatic rings. The number of nitrogens with zero attached hydrogens (tertiary/aromatic N) is 11. The smallest absolute Gasteiger partial charge is 0.292 e. The average molecular weight is 1700 g/mol. The van der Waals surface area contributed by atoms with Crippen LogP contribution in [0.2, 0.25) is 0 Å². The molecule has 5 aromatic carbocycles. The number of aromatic amines is 1. The number of ether oxygens (including phenoxy) is 5. The number of phenols is 1. The molecule has 16 aromatic rings. The van der Waals surface area contributed by atoms with Gasteiger partial charge in [-0.05, 0) is 176 Å². The van der Waals surface area contributed by atoms with Gasteiger partial charge in [0.1, 0.15) is 69.6 Å².